The molecule has 0 saturated carbocycles. The van der Waals surface area contributed by atoms with Gasteiger partial charge in [-0.1, -0.05) is 6.07 Å². The lowest BCUT2D eigenvalue weighted by molar-refractivity contribution is -0.139. The first kappa shape index (κ1) is 10.4. The van der Waals surface area contributed by atoms with Crippen LogP contribution in [0, 0.1) is 0 Å². The van der Waals surface area contributed by atoms with Crippen molar-refractivity contribution in [2.24, 2.45) is 0 Å². The van der Waals surface area contributed by atoms with E-state index in [0.29, 0.717) is 0 Å². The molecule has 0 aliphatic rings. The lowest BCUT2D eigenvalue weighted by Crippen LogP contribution is -2.04. The van der Waals surface area contributed by atoms with Crippen LogP contribution in [-0.2, 0) is 16.0 Å². The van der Waals surface area contributed by atoms with E-state index in [1.807, 2.05) is 18.2 Å². The maximum absolute atomic E-state index is 11.2. The number of carbonyl (C=O) groups excluding carboxylic acids is 1. The van der Waals surface area contributed by atoms with E-state index in [1.54, 1.807) is 12.4 Å². The monoisotopic (exact) mass is 217 g/mol. The molecular weight excluding hydrogens is 206 g/mol. The molecule has 2 aromatic heterocycles. The number of carbonyl (C=O) groups is 1. The van der Waals surface area contributed by atoms with Gasteiger partial charge in [0, 0.05) is 11.8 Å². The van der Waals surface area contributed by atoms with Crippen LogP contribution in [0.25, 0.3) is 11.4 Å². The Hall–Kier alpha value is -2.17. The number of ether oxygens (including phenoxy) is 1. The van der Waals surface area contributed by atoms with Crippen LogP contribution in [0.2, 0.25) is 0 Å². The number of rotatable bonds is 3. The van der Waals surface area contributed by atoms with Gasteiger partial charge in [-0.25, -0.2) is 0 Å². The molecular formula is C11H11N3O2. The summed E-state index contributed by atoms with van der Waals surface area (Å²) < 4.78 is 4.61. The number of aromatic nitrogens is 3. The minimum atomic E-state index is -0.293. The van der Waals surface area contributed by atoms with E-state index in [4.69, 9.17) is 0 Å². The number of pyridine rings is 1. The van der Waals surface area contributed by atoms with Crippen LogP contribution in [0.15, 0.2) is 30.6 Å². The van der Waals surface area contributed by atoms with Gasteiger partial charge in [0.2, 0.25) is 0 Å². The first-order chi connectivity index (χ1) is 7.81. The zero-order chi connectivity index (χ0) is 11.4. The Morgan fingerprint density at radius 3 is 3.06 bits per heavy atom. The predicted molar refractivity (Wildman–Crippen MR) is 57.5 cm³/mol. The molecule has 0 saturated heterocycles. The van der Waals surface area contributed by atoms with Crippen LogP contribution >= 0.6 is 0 Å². The molecule has 1 N–H and O–H groups in total. The summed E-state index contributed by atoms with van der Waals surface area (Å²) in [5.41, 5.74) is 2.30. The number of esters is 1. The summed E-state index contributed by atoms with van der Waals surface area (Å²) in [4.78, 5) is 15.4. The van der Waals surface area contributed by atoms with Gasteiger partial charge in [0.25, 0.3) is 0 Å². The van der Waals surface area contributed by atoms with E-state index >= 15 is 0 Å². The molecule has 0 aromatic carbocycles. The molecule has 0 radical (unpaired) electrons. The topological polar surface area (TPSA) is 67.9 Å². The van der Waals surface area contributed by atoms with Gasteiger partial charge in [-0.2, -0.15) is 5.10 Å². The molecule has 0 bridgehead atoms. The second-order valence-corrected chi connectivity index (χ2v) is 3.24. The van der Waals surface area contributed by atoms with Crippen molar-refractivity contribution in [3.05, 3.63) is 36.2 Å². The first-order valence-electron chi connectivity index (χ1n) is 4.81. The van der Waals surface area contributed by atoms with Crippen molar-refractivity contribution in [1.82, 2.24) is 15.2 Å². The zero-order valence-electron chi connectivity index (χ0n) is 8.80. The van der Waals surface area contributed by atoms with Crippen molar-refractivity contribution in [2.75, 3.05) is 7.11 Å². The highest BCUT2D eigenvalue weighted by molar-refractivity contribution is 5.75. The Kier molecular flexibility index (Phi) is 2.95. The van der Waals surface area contributed by atoms with Crippen molar-refractivity contribution in [1.29, 1.82) is 0 Å². The average Bonchev–Trinajstić information content (AvgIpc) is 2.78. The molecule has 16 heavy (non-hydrogen) atoms. The number of methoxy groups -OCH3 is 1. The van der Waals surface area contributed by atoms with Gasteiger partial charge < -0.3 is 4.74 Å². The number of aromatic amines is 1. The van der Waals surface area contributed by atoms with Crippen LogP contribution in [-0.4, -0.2) is 28.3 Å². The molecule has 2 aromatic rings. The summed E-state index contributed by atoms with van der Waals surface area (Å²) in [6.07, 6.45) is 3.50. The largest absolute Gasteiger partial charge is 0.469 e. The van der Waals surface area contributed by atoms with Crippen LogP contribution in [0.5, 0.6) is 0 Å². The summed E-state index contributed by atoms with van der Waals surface area (Å²) in [7, 11) is 1.36. The van der Waals surface area contributed by atoms with E-state index in [-0.39, 0.29) is 12.4 Å². The van der Waals surface area contributed by atoms with Crippen LogP contribution in [0.1, 0.15) is 5.56 Å². The van der Waals surface area contributed by atoms with Gasteiger partial charge in [-0.3, -0.25) is 14.9 Å². The van der Waals surface area contributed by atoms with Crippen molar-refractivity contribution in [3.63, 3.8) is 0 Å². The second kappa shape index (κ2) is 4.57. The Morgan fingerprint density at radius 1 is 1.50 bits per heavy atom. The third-order valence-electron chi connectivity index (χ3n) is 2.20. The van der Waals surface area contributed by atoms with Gasteiger partial charge in [-0.15, -0.1) is 0 Å². The summed E-state index contributed by atoms with van der Waals surface area (Å²) in [6, 6.07) is 5.57. The zero-order valence-corrected chi connectivity index (χ0v) is 8.80. The number of nitrogens with one attached hydrogen (secondary N) is 1. The van der Waals surface area contributed by atoms with Crippen LogP contribution < -0.4 is 0 Å². The van der Waals surface area contributed by atoms with E-state index < -0.39 is 0 Å². The number of hydrogen-bond acceptors (Lipinski definition) is 4. The maximum Gasteiger partial charge on any atom is 0.310 e. The molecule has 0 unspecified atom stereocenters. The molecule has 0 aliphatic heterocycles. The lowest BCUT2D eigenvalue weighted by Gasteiger charge is -2.01. The fraction of sp³-hybridized carbons (Fsp3) is 0.182. The first-order valence-corrected chi connectivity index (χ1v) is 4.81. The quantitative estimate of drug-likeness (QED) is 0.784. The smallest absolute Gasteiger partial charge is 0.310 e. The number of hydrogen-bond donors (Lipinski definition) is 1. The molecule has 2 heterocycles. The van der Waals surface area contributed by atoms with Crippen molar-refractivity contribution in [2.45, 2.75) is 6.42 Å². The van der Waals surface area contributed by atoms with Crippen LogP contribution in [0.3, 0.4) is 0 Å². The predicted octanol–water partition coefficient (Wildman–Crippen LogP) is 1.19. The Balaban J connectivity index is 2.29. The van der Waals surface area contributed by atoms with E-state index in [9.17, 15) is 4.79 Å². The van der Waals surface area contributed by atoms with E-state index in [2.05, 4.69) is 19.9 Å². The number of H-pyrrole nitrogens is 1. The third-order valence-corrected chi connectivity index (χ3v) is 2.20. The van der Waals surface area contributed by atoms with Crippen LogP contribution in [0.4, 0.5) is 0 Å². The van der Waals surface area contributed by atoms with Crippen molar-refractivity contribution >= 4 is 5.97 Å². The fourth-order valence-electron chi connectivity index (χ4n) is 1.41. The van der Waals surface area contributed by atoms with Gasteiger partial charge >= 0.3 is 5.97 Å². The molecule has 0 spiro atoms. The maximum atomic E-state index is 11.2. The Bertz CT molecular complexity index is 479. The molecule has 0 fully saturated rings. The average molecular weight is 217 g/mol. The van der Waals surface area contributed by atoms with Gasteiger partial charge in [0.15, 0.2) is 0 Å². The summed E-state index contributed by atoms with van der Waals surface area (Å²) in [5.74, 6) is -0.293. The fourth-order valence-corrected chi connectivity index (χ4v) is 1.41. The molecule has 0 aliphatic carbocycles. The van der Waals surface area contributed by atoms with E-state index in [0.717, 1.165) is 17.0 Å². The molecule has 2 rings (SSSR count). The van der Waals surface area contributed by atoms with Gasteiger partial charge in [0.1, 0.15) is 0 Å². The molecule has 0 amide bonds. The molecule has 5 heteroatoms. The lowest BCUT2D eigenvalue weighted by atomic mass is 10.1. The SMILES string of the molecule is COC(=O)Cc1cn[nH]c1-c1ccccn1. The summed E-state index contributed by atoms with van der Waals surface area (Å²) in [6.45, 7) is 0. The Labute approximate surface area is 92.5 Å². The molecule has 82 valence electrons. The third kappa shape index (κ3) is 2.08. The highest BCUT2D eigenvalue weighted by Crippen LogP contribution is 2.18. The Morgan fingerprint density at radius 2 is 2.38 bits per heavy atom. The highest BCUT2D eigenvalue weighted by Gasteiger charge is 2.12. The van der Waals surface area contributed by atoms with Crippen molar-refractivity contribution in [3.8, 4) is 11.4 Å². The van der Waals surface area contributed by atoms with Gasteiger partial charge in [-0.05, 0) is 12.1 Å². The van der Waals surface area contributed by atoms with Crippen molar-refractivity contribution < 1.29 is 9.53 Å². The summed E-state index contributed by atoms with van der Waals surface area (Å²) >= 11 is 0. The highest BCUT2D eigenvalue weighted by atomic mass is 16.5. The number of nitrogens with zero attached hydrogens (tertiary/aromatic N) is 2. The molecule has 5 nitrogen and oxygen atoms in total. The molecule has 0 atom stereocenters. The standard InChI is InChI=1S/C11H11N3O2/c1-16-10(15)6-8-7-13-14-11(8)9-4-2-3-5-12-9/h2-5,7H,6H2,1H3,(H,13,14). The minimum Gasteiger partial charge on any atom is -0.469 e. The van der Waals surface area contributed by atoms with E-state index in [1.165, 1.54) is 7.11 Å². The normalized spacial score (nSPS) is 10.1. The second-order valence-electron chi connectivity index (χ2n) is 3.24. The minimum absolute atomic E-state index is 0.193. The summed E-state index contributed by atoms with van der Waals surface area (Å²) in [5, 5.41) is 6.74. The van der Waals surface area contributed by atoms with Gasteiger partial charge in [0.05, 0.1) is 31.1 Å².